The molecule has 1 heterocycles. The molecule has 4 nitrogen and oxygen atoms in total. The number of nitrogens with zero attached hydrogens (tertiary/aromatic N) is 1. The largest absolute Gasteiger partial charge is 0.496 e. The number of methoxy groups -OCH3 is 1. The van der Waals surface area contributed by atoms with Crippen molar-refractivity contribution in [2.24, 2.45) is 11.8 Å². The van der Waals surface area contributed by atoms with Gasteiger partial charge in [-0.3, -0.25) is 4.79 Å². The van der Waals surface area contributed by atoms with Crippen LogP contribution in [0.25, 0.3) is 0 Å². The van der Waals surface area contributed by atoms with E-state index >= 15 is 0 Å². The Morgan fingerprint density at radius 2 is 2.15 bits per heavy atom. The van der Waals surface area contributed by atoms with Crippen molar-refractivity contribution in [3.8, 4) is 5.75 Å². The second kappa shape index (κ2) is 6.75. The minimum Gasteiger partial charge on any atom is -0.496 e. The zero-order valence-corrected chi connectivity index (χ0v) is 12.6. The van der Waals surface area contributed by atoms with Crippen LogP contribution >= 0.6 is 0 Å². The van der Waals surface area contributed by atoms with Crippen LogP contribution in [0, 0.1) is 11.8 Å². The highest BCUT2D eigenvalue weighted by Gasteiger charge is 2.27. The zero-order valence-electron chi connectivity index (χ0n) is 12.6. The lowest BCUT2D eigenvalue weighted by Crippen LogP contribution is -2.43. The third kappa shape index (κ3) is 3.51. The molecule has 0 bridgehead atoms. The quantitative estimate of drug-likeness (QED) is 0.913. The Balaban J connectivity index is 2.00. The first-order chi connectivity index (χ1) is 9.61. The van der Waals surface area contributed by atoms with Crippen molar-refractivity contribution in [3.63, 3.8) is 0 Å². The number of nitrogens with one attached hydrogen (secondary N) is 1. The normalized spacial score (nSPS) is 22.4. The Hall–Kier alpha value is -1.55. The number of ether oxygens (including phenoxy) is 1. The molecule has 2 rings (SSSR count). The molecule has 0 spiro atoms. The van der Waals surface area contributed by atoms with E-state index in [-0.39, 0.29) is 11.8 Å². The Kier molecular flexibility index (Phi) is 5.01. The van der Waals surface area contributed by atoms with E-state index in [9.17, 15) is 4.79 Å². The van der Waals surface area contributed by atoms with Crippen LogP contribution in [0.2, 0.25) is 0 Å². The molecule has 1 aliphatic rings. The van der Waals surface area contributed by atoms with Gasteiger partial charge < -0.3 is 15.0 Å². The van der Waals surface area contributed by atoms with Gasteiger partial charge in [0.1, 0.15) is 5.75 Å². The first-order valence-electron chi connectivity index (χ1n) is 7.19. The Morgan fingerprint density at radius 3 is 2.85 bits per heavy atom. The summed E-state index contributed by atoms with van der Waals surface area (Å²) in [7, 11) is 3.53. The molecule has 0 aliphatic carbocycles. The molecule has 110 valence electrons. The maximum absolute atomic E-state index is 12.5. The summed E-state index contributed by atoms with van der Waals surface area (Å²) in [6.07, 6.45) is 0.974. The molecule has 0 aromatic heterocycles. The summed E-state index contributed by atoms with van der Waals surface area (Å²) in [6, 6.07) is 7.85. The molecular weight excluding hydrogens is 252 g/mol. The number of rotatable bonds is 4. The van der Waals surface area contributed by atoms with Crippen LogP contribution in [-0.2, 0) is 11.3 Å². The van der Waals surface area contributed by atoms with Gasteiger partial charge in [-0.2, -0.15) is 0 Å². The molecule has 1 fully saturated rings. The Labute approximate surface area is 121 Å². The molecule has 4 heteroatoms. The molecule has 1 aliphatic heterocycles. The van der Waals surface area contributed by atoms with E-state index in [2.05, 4.69) is 12.2 Å². The molecule has 0 saturated carbocycles. The van der Waals surface area contributed by atoms with Gasteiger partial charge in [0.05, 0.1) is 13.0 Å². The van der Waals surface area contributed by atoms with Crippen molar-refractivity contribution in [2.75, 3.05) is 27.2 Å². The van der Waals surface area contributed by atoms with Crippen molar-refractivity contribution < 1.29 is 9.53 Å². The zero-order chi connectivity index (χ0) is 14.5. The standard InChI is InChI=1S/C16H24N2O2/c1-12-8-14(10-17-9-12)16(19)18(2)11-13-6-4-5-7-15(13)20-3/h4-7,12,14,17H,8-11H2,1-3H3. The van der Waals surface area contributed by atoms with Gasteiger partial charge in [-0.15, -0.1) is 0 Å². The van der Waals surface area contributed by atoms with Gasteiger partial charge in [0.2, 0.25) is 5.91 Å². The van der Waals surface area contributed by atoms with Crippen LogP contribution in [0.15, 0.2) is 24.3 Å². The maximum Gasteiger partial charge on any atom is 0.227 e. The average molecular weight is 276 g/mol. The highest BCUT2D eigenvalue weighted by atomic mass is 16.5. The van der Waals surface area contributed by atoms with Gasteiger partial charge >= 0.3 is 0 Å². The lowest BCUT2D eigenvalue weighted by atomic mass is 9.91. The van der Waals surface area contributed by atoms with E-state index < -0.39 is 0 Å². The third-order valence-corrected chi connectivity index (χ3v) is 3.90. The fourth-order valence-electron chi connectivity index (χ4n) is 2.82. The van der Waals surface area contributed by atoms with Crippen LogP contribution in [0.3, 0.4) is 0 Å². The van der Waals surface area contributed by atoms with E-state index in [1.807, 2.05) is 36.2 Å². The van der Waals surface area contributed by atoms with Crippen LogP contribution < -0.4 is 10.1 Å². The molecule has 1 saturated heterocycles. The van der Waals surface area contributed by atoms with Crippen LogP contribution in [0.5, 0.6) is 5.75 Å². The minimum absolute atomic E-state index is 0.0958. The molecule has 1 N–H and O–H groups in total. The van der Waals surface area contributed by atoms with Crippen LogP contribution in [0.4, 0.5) is 0 Å². The monoisotopic (exact) mass is 276 g/mol. The predicted octanol–water partition coefficient (Wildman–Crippen LogP) is 1.90. The number of hydrogen-bond acceptors (Lipinski definition) is 3. The molecule has 1 aromatic carbocycles. The number of benzene rings is 1. The van der Waals surface area contributed by atoms with Gasteiger partial charge in [0.25, 0.3) is 0 Å². The molecule has 20 heavy (non-hydrogen) atoms. The third-order valence-electron chi connectivity index (χ3n) is 3.90. The van der Waals surface area contributed by atoms with Gasteiger partial charge in [-0.05, 0) is 24.9 Å². The Bertz CT molecular complexity index is 462. The second-order valence-corrected chi connectivity index (χ2v) is 5.70. The minimum atomic E-state index is 0.0958. The molecule has 0 radical (unpaired) electrons. The summed E-state index contributed by atoms with van der Waals surface area (Å²) >= 11 is 0. The molecular formula is C16H24N2O2. The van der Waals surface area contributed by atoms with E-state index in [0.717, 1.165) is 30.8 Å². The maximum atomic E-state index is 12.5. The van der Waals surface area contributed by atoms with Crippen LogP contribution in [0.1, 0.15) is 18.9 Å². The average Bonchev–Trinajstić information content (AvgIpc) is 2.47. The lowest BCUT2D eigenvalue weighted by molar-refractivity contribution is -0.135. The fourth-order valence-corrected chi connectivity index (χ4v) is 2.82. The summed E-state index contributed by atoms with van der Waals surface area (Å²) < 4.78 is 5.34. The van der Waals surface area contributed by atoms with E-state index in [1.165, 1.54) is 0 Å². The predicted molar refractivity (Wildman–Crippen MR) is 79.6 cm³/mol. The molecule has 2 atom stereocenters. The molecule has 1 aromatic rings. The van der Waals surface area contributed by atoms with Crippen molar-refractivity contribution in [1.82, 2.24) is 10.2 Å². The highest BCUT2D eigenvalue weighted by molar-refractivity contribution is 5.79. The first kappa shape index (κ1) is 14.9. The van der Waals surface area contributed by atoms with Crippen molar-refractivity contribution in [3.05, 3.63) is 29.8 Å². The van der Waals surface area contributed by atoms with Gasteiger partial charge in [0.15, 0.2) is 0 Å². The number of carbonyl (C=O) groups excluding carboxylic acids is 1. The molecule has 2 unspecified atom stereocenters. The smallest absolute Gasteiger partial charge is 0.227 e. The fraction of sp³-hybridized carbons (Fsp3) is 0.562. The highest BCUT2D eigenvalue weighted by Crippen LogP contribution is 2.22. The van der Waals surface area contributed by atoms with Gasteiger partial charge in [-0.25, -0.2) is 0 Å². The van der Waals surface area contributed by atoms with Crippen molar-refractivity contribution in [1.29, 1.82) is 0 Å². The summed E-state index contributed by atoms with van der Waals surface area (Å²) in [5, 5.41) is 3.33. The van der Waals surface area contributed by atoms with Crippen molar-refractivity contribution in [2.45, 2.75) is 19.9 Å². The van der Waals surface area contributed by atoms with Crippen LogP contribution in [-0.4, -0.2) is 38.1 Å². The number of para-hydroxylation sites is 1. The number of amides is 1. The van der Waals surface area contributed by atoms with Gasteiger partial charge in [-0.1, -0.05) is 25.1 Å². The van der Waals surface area contributed by atoms with E-state index in [1.54, 1.807) is 7.11 Å². The van der Waals surface area contributed by atoms with Crippen molar-refractivity contribution >= 4 is 5.91 Å². The van der Waals surface area contributed by atoms with E-state index in [4.69, 9.17) is 4.74 Å². The SMILES string of the molecule is COc1ccccc1CN(C)C(=O)C1CNCC(C)C1. The summed E-state index contributed by atoms with van der Waals surface area (Å²) in [6.45, 7) is 4.58. The van der Waals surface area contributed by atoms with Gasteiger partial charge in [0, 0.05) is 25.7 Å². The topological polar surface area (TPSA) is 41.6 Å². The summed E-state index contributed by atoms with van der Waals surface area (Å²) in [5.74, 6) is 1.72. The number of piperidine rings is 1. The lowest BCUT2D eigenvalue weighted by Gasteiger charge is -2.30. The second-order valence-electron chi connectivity index (χ2n) is 5.70. The number of carbonyl (C=O) groups is 1. The summed E-state index contributed by atoms with van der Waals surface area (Å²) in [4.78, 5) is 14.3. The number of hydrogen-bond donors (Lipinski definition) is 1. The molecule has 1 amide bonds. The Morgan fingerprint density at radius 1 is 1.40 bits per heavy atom. The summed E-state index contributed by atoms with van der Waals surface area (Å²) in [5.41, 5.74) is 1.04. The van der Waals surface area contributed by atoms with E-state index in [0.29, 0.717) is 12.5 Å². The first-order valence-corrected chi connectivity index (χ1v) is 7.19.